The zero-order valence-electron chi connectivity index (χ0n) is 13.6. The molecular weight excluding hydrogens is 278 g/mol. The van der Waals surface area contributed by atoms with E-state index in [2.05, 4.69) is 5.32 Å². The number of methoxy groups -OCH3 is 1. The van der Waals surface area contributed by atoms with Crippen molar-refractivity contribution in [3.63, 3.8) is 0 Å². The van der Waals surface area contributed by atoms with Crippen LogP contribution >= 0.6 is 0 Å². The van der Waals surface area contributed by atoms with Crippen LogP contribution in [0.2, 0.25) is 0 Å². The number of ether oxygens (including phenoxy) is 1. The van der Waals surface area contributed by atoms with Crippen molar-refractivity contribution in [1.82, 2.24) is 5.32 Å². The maximum atomic E-state index is 12.4. The summed E-state index contributed by atoms with van der Waals surface area (Å²) in [5.41, 5.74) is 2.54. The normalized spacial score (nSPS) is 24.8. The third-order valence-corrected chi connectivity index (χ3v) is 4.63. The highest BCUT2D eigenvalue weighted by Crippen LogP contribution is 2.28. The van der Waals surface area contributed by atoms with Gasteiger partial charge in [0.15, 0.2) is 0 Å². The molecule has 0 spiro atoms. The molecule has 0 radical (unpaired) electrons. The molecule has 0 aliphatic heterocycles. The van der Waals surface area contributed by atoms with E-state index in [4.69, 9.17) is 4.74 Å². The third-order valence-electron chi connectivity index (χ3n) is 4.63. The first kappa shape index (κ1) is 16.7. The molecule has 4 heteroatoms. The van der Waals surface area contributed by atoms with Crippen LogP contribution in [-0.4, -0.2) is 30.9 Å². The minimum Gasteiger partial charge on any atom is -0.381 e. The number of aldehydes is 1. The van der Waals surface area contributed by atoms with Crippen molar-refractivity contribution in [2.75, 3.05) is 7.11 Å². The highest BCUT2D eigenvalue weighted by Gasteiger charge is 2.36. The first-order valence-corrected chi connectivity index (χ1v) is 7.84. The van der Waals surface area contributed by atoms with Gasteiger partial charge in [-0.05, 0) is 50.7 Å². The number of aryl methyl sites for hydroxylation is 2. The van der Waals surface area contributed by atoms with Gasteiger partial charge in [0.05, 0.1) is 18.1 Å². The van der Waals surface area contributed by atoms with Crippen LogP contribution in [0, 0.1) is 13.8 Å². The fourth-order valence-corrected chi connectivity index (χ4v) is 3.10. The zero-order chi connectivity index (χ0) is 16.2. The van der Waals surface area contributed by atoms with Gasteiger partial charge in [-0.2, -0.15) is 0 Å². The van der Waals surface area contributed by atoms with Crippen molar-refractivity contribution >= 4 is 12.2 Å². The monoisotopic (exact) mass is 303 g/mol. The molecule has 0 heterocycles. The van der Waals surface area contributed by atoms with Gasteiger partial charge in [-0.15, -0.1) is 0 Å². The second-order valence-corrected chi connectivity index (χ2v) is 6.36. The van der Waals surface area contributed by atoms with Gasteiger partial charge >= 0.3 is 0 Å². The molecule has 0 bridgehead atoms. The Morgan fingerprint density at radius 1 is 1.36 bits per heavy atom. The second kappa shape index (κ2) is 7.05. The van der Waals surface area contributed by atoms with Gasteiger partial charge in [-0.25, -0.2) is 0 Å². The summed E-state index contributed by atoms with van der Waals surface area (Å²) < 4.78 is 5.33. The maximum Gasteiger partial charge on any atom is 0.225 e. The Balaban J connectivity index is 2.01. The van der Waals surface area contributed by atoms with E-state index in [1.165, 1.54) is 0 Å². The summed E-state index contributed by atoms with van der Waals surface area (Å²) in [6.07, 6.45) is 4.32. The molecule has 0 aromatic heterocycles. The summed E-state index contributed by atoms with van der Waals surface area (Å²) in [4.78, 5) is 23.9. The quantitative estimate of drug-likeness (QED) is 0.850. The molecule has 1 aliphatic rings. The number of benzene rings is 1. The molecule has 22 heavy (non-hydrogen) atoms. The summed E-state index contributed by atoms with van der Waals surface area (Å²) in [7, 11) is 1.69. The predicted octanol–water partition coefficient (Wildman–Crippen LogP) is 2.49. The number of carbonyl (C=O) groups is 2. The standard InChI is InChI=1S/C18H25NO3/c1-13-4-5-14(2)15(10-13)11-17(21)19-18(12-20)8-6-16(22-3)7-9-18/h4-5,10,12,16H,6-9,11H2,1-3H3,(H,19,21)/t16-,18+. The lowest BCUT2D eigenvalue weighted by Gasteiger charge is -2.36. The Hall–Kier alpha value is -1.68. The first-order valence-electron chi connectivity index (χ1n) is 7.84. The Morgan fingerprint density at radius 2 is 2.05 bits per heavy atom. The maximum absolute atomic E-state index is 12.4. The van der Waals surface area contributed by atoms with E-state index in [9.17, 15) is 9.59 Å². The zero-order valence-corrected chi connectivity index (χ0v) is 13.6. The number of amides is 1. The Morgan fingerprint density at radius 3 is 2.64 bits per heavy atom. The largest absolute Gasteiger partial charge is 0.381 e. The van der Waals surface area contributed by atoms with Gasteiger partial charge in [-0.3, -0.25) is 4.79 Å². The van der Waals surface area contributed by atoms with Crippen LogP contribution < -0.4 is 5.32 Å². The Labute approximate surface area is 132 Å². The van der Waals surface area contributed by atoms with Crippen LogP contribution in [0.25, 0.3) is 0 Å². The number of nitrogens with one attached hydrogen (secondary N) is 1. The molecule has 2 rings (SSSR count). The molecule has 0 unspecified atom stereocenters. The summed E-state index contributed by atoms with van der Waals surface area (Å²) in [6, 6.07) is 6.09. The van der Waals surface area contributed by atoms with Crippen LogP contribution in [-0.2, 0) is 20.7 Å². The van der Waals surface area contributed by atoms with Crippen LogP contribution in [0.5, 0.6) is 0 Å². The van der Waals surface area contributed by atoms with E-state index < -0.39 is 5.54 Å². The van der Waals surface area contributed by atoms with Gasteiger partial charge in [0.2, 0.25) is 5.91 Å². The SMILES string of the molecule is CO[C@H]1CC[C@@](C=O)(NC(=O)Cc2cc(C)ccc2C)CC1. The van der Waals surface area contributed by atoms with Crippen LogP contribution in [0.4, 0.5) is 0 Å². The fraction of sp³-hybridized carbons (Fsp3) is 0.556. The summed E-state index contributed by atoms with van der Waals surface area (Å²) in [5, 5.41) is 2.96. The van der Waals surface area contributed by atoms with Crippen LogP contribution in [0.1, 0.15) is 42.4 Å². The number of rotatable bonds is 5. The smallest absolute Gasteiger partial charge is 0.225 e. The fourth-order valence-electron chi connectivity index (χ4n) is 3.10. The molecule has 1 aromatic rings. The minimum atomic E-state index is -0.718. The van der Waals surface area contributed by atoms with Crippen molar-refractivity contribution in [2.45, 2.75) is 57.6 Å². The minimum absolute atomic E-state index is 0.0864. The number of carbonyl (C=O) groups excluding carboxylic acids is 2. The lowest BCUT2D eigenvalue weighted by atomic mass is 9.81. The lowest BCUT2D eigenvalue weighted by Crippen LogP contribution is -2.53. The second-order valence-electron chi connectivity index (χ2n) is 6.36. The molecule has 0 saturated heterocycles. The summed E-state index contributed by atoms with van der Waals surface area (Å²) >= 11 is 0. The molecule has 1 aliphatic carbocycles. The van der Waals surface area contributed by atoms with E-state index >= 15 is 0 Å². The average molecular weight is 303 g/mol. The summed E-state index contributed by atoms with van der Waals surface area (Å²) in [6.45, 7) is 4.01. The van der Waals surface area contributed by atoms with Crippen molar-refractivity contribution < 1.29 is 14.3 Å². The van der Waals surface area contributed by atoms with E-state index in [1.807, 2.05) is 32.0 Å². The number of hydrogen-bond acceptors (Lipinski definition) is 3. The molecule has 0 atom stereocenters. The van der Waals surface area contributed by atoms with Gasteiger partial charge in [0.1, 0.15) is 6.29 Å². The van der Waals surface area contributed by atoms with Crippen molar-refractivity contribution in [3.8, 4) is 0 Å². The molecule has 1 fully saturated rings. The molecule has 1 aromatic carbocycles. The molecular formula is C18H25NO3. The first-order chi connectivity index (χ1) is 10.5. The van der Waals surface area contributed by atoms with Gasteiger partial charge in [0, 0.05) is 7.11 Å². The highest BCUT2D eigenvalue weighted by molar-refractivity contribution is 5.83. The predicted molar refractivity (Wildman–Crippen MR) is 85.8 cm³/mol. The van der Waals surface area contributed by atoms with E-state index in [0.717, 1.165) is 35.8 Å². The summed E-state index contributed by atoms with van der Waals surface area (Å²) in [5.74, 6) is -0.0864. The van der Waals surface area contributed by atoms with E-state index in [-0.39, 0.29) is 12.0 Å². The van der Waals surface area contributed by atoms with Crippen molar-refractivity contribution in [1.29, 1.82) is 0 Å². The Kier molecular flexibility index (Phi) is 5.35. The van der Waals surface area contributed by atoms with Crippen LogP contribution in [0.3, 0.4) is 0 Å². The lowest BCUT2D eigenvalue weighted by molar-refractivity contribution is -0.128. The van der Waals surface area contributed by atoms with Gasteiger partial charge in [-0.1, -0.05) is 23.8 Å². The van der Waals surface area contributed by atoms with Crippen LogP contribution in [0.15, 0.2) is 18.2 Å². The van der Waals surface area contributed by atoms with E-state index in [1.54, 1.807) is 7.11 Å². The number of hydrogen-bond donors (Lipinski definition) is 1. The average Bonchev–Trinajstić information content (AvgIpc) is 2.51. The van der Waals surface area contributed by atoms with Gasteiger partial charge < -0.3 is 14.8 Å². The topological polar surface area (TPSA) is 55.4 Å². The molecule has 4 nitrogen and oxygen atoms in total. The Bertz CT molecular complexity index is 545. The van der Waals surface area contributed by atoms with E-state index in [0.29, 0.717) is 19.3 Å². The molecule has 120 valence electrons. The van der Waals surface area contributed by atoms with Gasteiger partial charge in [0.25, 0.3) is 0 Å². The van der Waals surface area contributed by atoms with Crippen molar-refractivity contribution in [3.05, 3.63) is 34.9 Å². The molecule has 1 saturated carbocycles. The highest BCUT2D eigenvalue weighted by atomic mass is 16.5. The van der Waals surface area contributed by atoms with Crippen molar-refractivity contribution in [2.24, 2.45) is 0 Å². The third kappa shape index (κ3) is 3.95. The molecule has 1 N–H and O–H groups in total. The molecule has 1 amide bonds.